The summed E-state index contributed by atoms with van der Waals surface area (Å²) in [5.41, 5.74) is 2.54. The van der Waals surface area contributed by atoms with Gasteiger partial charge in [-0.05, 0) is 35.8 Å². The summed E-state index contributed by atoms with van der Waals surface area (Å²) >= 11 is 1.47. The average Bonchev–Trinajstić information content (AvgIpc) is 2.95. The predicted octanol–water partition coefficient (Wildman–Crippen LogP) is 3.36. The molecule has 130 valence electrons. The number of ketones is 1. The fourth-order valence-corrected chi connectivity index (χ4v) is 3.99. The van der Waals surface area contributed by atoms with Crippen LogP contribution in [-0.4, -0.2) is 31.9 Å². The number of aromatic hydroxyl groups is 1. The number of phenolic OH excluding ortho intramolecular Hbond substituents is 1. The Labute approximate surface area is 150 Å². The normalized spacial score (nSPS) is 21.6. The van der Waals surface area contributed by atoms with Crippen LogP contribution in [0.4, 0.5) is 5.95 Å². The van der Waals surface area contributed by atoms with Gasteiger partial charge in [0.2, 0.25) is 11.1 Å². The number of Topliss-reactive ketones (excluding diaryl/α,β-unsaturated/α-hetero) is 1. The van der Waals surface area contributed by atoms with Crippen LogP contribution < -0.4 is 5.32 Å². The monoisotopic (exact) mass is 356 g/mol. The number of fused-ring (bicyclic) bond motifs is 1. The average molecular weight is 356 g/mol. The molecule has 6 nitrogen and oxygen atoms in total. The Kier molecular flexibility index (Phi) is 3.64. The maximum Gasteiger partial charge on any atom is 0.227 e. The number of anilines is 1. The van der Waals surface area contributed by atoms with Crippen LogP contribution in [0.2, 0.25) is 0 Å². The maximum atomic E-state index is 13.0. The van der Waals surface area contributed by atoms with Gasteiger partial charge in [-0.2, -0.15) is 4.98 Å². The van der Waals surface area contributed by atoms with Crippen molar-refractivity contribution in [1.29, 1.82) is 0 Å². The molecule has 0 bridgehead atoms. The zero-order valence-corrected chi connectivity index (χ0v) is 15.2. The van der Waals surface area contributed by atoms with Crippen LogP contribution in [0.5, 0.6) is 5.75 Å². The minimum Gasteiger partial charge on any atom is -0.508 e. The molecule has 2 aliphatic rings. The third kappa shape index (κ3) is 2.72. The number of thioether (sulfide) groups is 1. The minimum absolute atomic E-state index is 0.0764. The summed E-state index contributed by atoms with van der Waals surface area (Å²) in [5, 5.41) is 18.2. The summed E-state index contributed by atoms with van der Waals surface area (Å²) in [6.07, 6.45) is 3.24. The van der Waals surface area contributed by atoms with Gasteiger partial charge in [-0.25, -0.2) is 4.68 Å². The summed E-state index contributed by atoms with van der Waals surface area (Å²) in [4.78, 5) is 17.5. The van der Waals surface area contributed by atoms with Gasteiger partial charge >= 0.3 is 0 Å². The van der Waals surface area contributed by atoms with Crippen molar-refractivity contribution in [3.05, 3.63) is 41.1 Å². The lowest BCUT2D eigenvalue weighted by Gasteiger charge is -2.38. The molecule has 2 aromatic rings. The van der Waals surface area contributed by atoms with Crippen molar-refractivity contribution in [2.45, 2.75) is 37.9 Å². The Bertz CT molecular complexity index is 883. The van der Waals surface area contributed by atoms with Gasteiger partial charge in [0.15, 0.2) is 5.78 Å². The van der Waals surface area contributed by atoms with Crippen LogP contribution in [0.25, 0.3) is 0 Å². The number of benzene rings is 1. The minimum atomic E-state index is -0.316. The first-order valence-electron chi connectivity index (χ1n) is 8.21. The molecule has 1 aromatic heterocycles. The highest BCUT2D eigenvalue weighted by Crippen LogP contribution is 2.45. The van der Waals surface area contributed by atoms with Gasteiger partial charge in [-0.3, -0.25) is 4.79 Å². The molecule has 0 saturated carbocycles. The predicted molar refractivity (Wildman–Crippen MR) is 96.7 cm³/mol. The fraction of sp³-hybridized carbons (Fsp3) is 0.389. The molecule has 0 spiro atoms. The number of carbonyl (C=O) groups excluding carboxylic acids is 1. The van der Waals surface area contributed by atoms with Crippen molar-refractivity contribution in [1.82, 2.24) is 14.8 Å². The Morgan fingerprint density at radius 3 is 2.68 bits per heavy atom. The quantitative estimate of drug-likeness (QED) is 0.803. The van der Waals surface area contributed by atoms with E-state index in [1.54, 1.807) is 16.8 Å². The van der Waals surface area contributed by atoms with Crippen molar-refractivity contribution in [3.63, 3.8) is 0 Å². The molecular formula is C18H20N4O2S. The van der Waals surface area contributed by atoms with Crippen LogP contribution in [0, 0.1) is 5.41 Å². The third-order valence-electron chi connectivity index (χ3n) is 4.70. The van der Waals surface area contributed by atoms with E-state index in [0.29, 0.717) is 17.5 Å². The zero-order chi connectivity index (χ0) is 17.8. The van der Waals surface area contributed by atoms with E-state index in [4.69, 9.17) is 0 Å². The van der Waals surface area contributed by atoms with E-state index in [2.05, 4.69) is 29.2 Å². The third-order valence-corrected chi connectivity index (χ3v) is 5.24. The molecule has 1 atom stereocenters. The number of allylic oxidation sites excluding steroid dienone is 2. The van der Waals surface area contributed by atoms with Gasteiger partial charge in [-0.15, -0.1) is 5.10 Å². The van der Waals surface area contributed by atoms with Crippen LogP contribution in [0.1, 0.15) is 38.3 Å². The van der Waals surface area contributed by atoms with E-state index in [1.807, 2.05) is 18.4 Å². The molecule has 0 fully saturated rings. The number of carbonyl (C=O) groups is 1. The van der Waals surface area contributed by atoms with Crippen molar-refractivity contribution in [2.75, 3.05) is 11.6 Å². The number of nitrogens with zero attached hydrogens (tertiary/aromatic N) is 3. The second-order valence-electron chi connectivity index (χ2n) is 7.32. The van der Waals surface area contributed by atoms with Gasteiger partial charge in [0.25, 0.3) is 0 Å². The van der Waals surface area contributed by atoms with Gasteiger partial charge in [-0.1, -0.05) is 37.7 Å². The summed E-state index contributed by atoms with van der Waals surface area (Å²) in [5.74, 6) is 1.00. The summed E-state index contributed by atoms with van der Waals surface area (Å²) in [7, 11) is 0. The van der Waals surface area contributed by atoms with E-state index < -0.39 is 0 Å². The molecule has 25 heavy (non-hydrogen) atoms. The largest absolute Gasteiger partial charge is 0.508 e. The van der Waals surface area contributed by atoms with Gasteiger partial charge in [0, 0.05) is 17.7 Å². The molecule has 7 heteroatoms. The van der Waals surface area contributed by atoms with E-state index in [1.165, 1.54) is 11.8 Å². The molecule has 2 heterocycles. The van der Waals surface area contributed by atoms with Crippen LogP contribution in [0.15, 0.2) is 40.7 Å². The van der Waals surface area contributed by atoms with Crippen molar-refractivity contribution < 1.29 is 9.90 Å². The molecule has 1 aliphatic heterocycles. The highest BCUT2D eigenvalue weighted by atomic mass is 32.2. The topological polar surface area (TPSA) is 80.0 Å². The number of phenols is 1. The summed E-state index contributed by atoms with van der Waals surface area (Å²) in [6.45, 7) is 4.22. The van der Waals surface area contributed by atoms with E-state index in [9.17, 15) is 9.90 Å². The molecule has 4 rings (SSSR count). The lowest BCUT2D eigenvalue weighted by molar-refractivity contribution is -0.118. The summed E-state index contributed by atoms with van der Waals surface area (Å²) < 4.78 is 1.78. The number of rotatable bonds is 2. The number of aromatic nitrogens is 3. The van der Waals surface area contributed by atoms with Gasteiger partial charge in [0.05, 0.1) is 0 Å². The van der Waals surface area contributed by atoms with Crippen molar-refractivity contribution in [2.24, 2.45) is 5.41 Å². The smallest absolute Gasteiger partial charge is 0.227 e. The first kappa shape index (κ1) is 16.2. The second-order valence-corrected chi connectivity index (χ2v) is 8.09. The van der Waals surface area contributed by atoms with Crippen molar-refractivity contribution in [3.8, 4) is 5.75 Å². The molecule has 0 saturated heterocycles. The van der Waals surface area contributed by atoms with Gasteiger partial charge < -0.3 is 10.4 Å². The van der Waals surface area contributed by atoms with Gasteiger partial charge in [0.1, 0.15) is 11.8 Å². The zero-order valence-electron chi connectivity index (χ0n) is 14.4. The lowest BCUT2D eigenvalue weighted by atomic mass is 9.73. The molecule has 1 aliphatic carbocycles. The molecule has 0 amide bonds. The SMILES string of the molecule is CSc1nc2n(n1)[C@H](c1ccc(O)cc1)C1=C(CC(C)(C)CC1=O)N2. The fourth-order valence-electron chi connectivity index (χ4n) is 3.64. The molecule has 1 aromatic carbocycles. The lowest BCUT2D eigenvalue weighted by Crippen LogP contribution is -2.36. The Morgan fingerprint density at radius 1 is 1.28 bits per heavy atom. The standard InChI is InChI=1S/C18H20N4O2S/c1-18(2)8-12-14(13(24)9-18)15(10-4-6-11(23)7-5-10)22-16(19-12)20-17(21-22)25-3/h4-7,15,23H,8-9H2,1-3H3,(H,19,20,21)/t15-/m1/s1. The first-order valence-corrected chi connectivity index (χ1v) is 9.43. The molecule has 2 N–H and O–H groups in total. The number of hydrogen-bond acceptors (Lipinski definition) is 6. The van der Waals surface area contributed by atoms with Crippen LogP contribution in [-0.2, 0) is 4.79 Å². The molecular weight excluding hydrogens is 336 g/mol. The van der Waals surface area contributed by atoms with E-state index in [0.717, 1.165) is 23.3 Å². The van der Waals surface area contributed by atoms with E-state index >= 15 is 0 Å². The molecule has 0 unspecified atom stereocenters. The van der Waals surface area contributed by atoms with Crippen LogP contribution >= 0.6 is 11.8 Å². The Hall–Kier alpha value is -2.28. The maximum absolute atomic E-state index is 13.0. The first-order chi connectivity index (χ1) is 11.9. The number of hydrogen-bond donors (Lipinski definition) is 2. The highest BCUT2D eigenvalue weighted by Gasteiger charge is 2.41. The second kappa shape index (κ2) is 5.62. The van der Waals surface area contributed by atoms with Crippen molar-refractivity contribution >= 4 is 23.5 Å². The highest BCUT2D eigenvalue weighted by molar-refractivity contribution is 7.98. The van der Waals surface area contributed by atoms with E-state index in [-0.39, 0.29) is 23.0 Å². The Balaban J connectivity index is 1.90. The number of nitrogens with one attached hydrogen (secondary N) is 1. The van der Waals surface area contributed by atoms with Crippen LogP contribution in [0.3, 0.4) is 0 Å². The molecule has 0 radical (unpaired) electrons. The summed E-state index contributed by atoms with van der Waals surface area (Å²) in [6, 6.07) is 6.64. The Morgan fingerprint density at radius 2 is 2.00 bits per heavy atom.